The summed E-state index contributed by atoms with van der Waals surface area (Å²) >= 11 is 0. The van der Waals surface area contributed by atoms with E-state index < -0.39 is 17.7 Å². The molecule has 0 saturated carbocycles. The van der Waals surface area contributed by atoms with Crippen molar-refractivity contribution in [2.75, 3.05) is 60.6 Å². The molecule has 252 valence electrons. The molecule has 0 radical (unpaired) electrons. The monoisotopic (exact) mass is 641 g/mol. The van der Waals surface area contributed by atoms with Gasteiger partial charge in [0, 0.05) is 79.7 Å². The molecule has 1 N–H and O–H groups in total. The van der Waals surface area contributed by atoms with Crippen molar-refractivity contribution < 1.29 is 19.4 Å². The summed E-state index contributed by atoms with van der Waals surface area (Å²) < 4.78 is 11.8. The Kier molecular flexibility index (Phi) is 9.24. The second kappa shape index (κ2) is 13.1. The summed E-state index contributed by atoms with van der Waals surface area (Å²) in [5, 5.41) is 10.5. The van der Waals surface area contributed by atoms with Crippen LogP contribution in [0.1, 0.15) is 81.6 Å². The lowest BCUT2D eigenvalue weighted by Gasteiger charge is -2.41. The van der Waals surface area contributed by atoms with Crippen LogP contribution in [-0.4, -0.2) is 72.6 Å². The molecule has 9 heteroatoms. The van der Waals surface area contributed by atoms with E-state index in [1.165, 1.54) is 16.8 Å². The fourth-order valence-electron chi connectivity index (χ4n) is 7.26. The number of pyridine rings is 2. The van der Waals surface area contributed by atoms with Crippen molar-refractivity contribution in [2.45, 2.75) is 86.0 Å². The van der Waals surface area contributed by atoms with Gasteiger partial charge in [-0.2, -0.15) is 0 Å². The van der Waals surface area contributed by atoms with Crippen molar-refractivity contribution >= 4 is 23.2 Å². The van der Waals surface area contributed by atoms with Crippen molar-refractivity contribution in [1.29, 1.82) is 0 Å². The second-order valence-electron chi connectivity index (χ2n) is 15.1. The highest BCUT2D eigenvalue weighted by molar-refractivity contribution is 5.88. The smallest absolute Gasteiger partial charge is 0.337 e. The van der Waals surface area contributed by atoms with Crippen molar-refractivity contribution in [3.63, 3.8) is 0 Å². The molecule has 1 aromatic carbocycles. The van der Waals surface area contributed by atoms with Crippen molar-refractivity contribution in [1.82, 2.24) is 9.97 Å². The number of fused-ring (bicyclic) bond motifs is 1. The number of hydrogen-bond donors (Lipinski definition) is 1. The van der Waals surface area contributed by atoms with Crippen LogP contribution in [0.15, 0.2) is 36.5 Å². The van der Waals surface area contributed by atoms with E-state index in [2.05, 4.69) is 65.8 Å². The van der Waals surface area contributed by atoms with Gasteiger partial charge in [-0.3, -0.25) is 4.98 Å². The lowest BCUT2D eigenvalue weighted by Crippen LogP contribution is -2.39. The molecule has 0 bridgehead atoms. The Labute approximate surface area is 279 Å². The zero-order valence-electron chi connectivity index (χ0n) is 29.2. The summed E-state index contributed by atoms with van der Waals surface area (Å²) in [6.07, 6.45) is 3.76. The predicted octanol–water partition coefficient (Wildman–Crippen LogP) is 6.73. The minimum atomic E-state index is -1.13. The lowest BCUT2D eigenvalue weighted by atomic mass is 9.81. The number of aromatic nitrogens is 2. The number of rotatable bonds is 7. The number of benzene rings is 1. The van der Waals surface area contributed by atoms with Gasteiger partial charge < -0.3 is 29.3 Å². The molecule has 3 aliphatic rings. The van der Waals surface area contributed by atoms with Crippen LogP contribution in [-0.2, 0) is 27.2 Å². The zero-order valence-corrected chi connectivity index (χ0v) is 29.2. The number of nitrogens with zero attached hydrogens (tertiary/aromatic N) is 5. The molecule has 1 unspecified atom stereocenters. The second-order valence-corrected chi connectivity index (χ2v) is 15.1. The molecule has 47 heavy (non-hydrogen) atoms. The highest BCUT2D eigenvalue weighted by Gasteiger charge is 2.36. The first-order valence-electron chi connectivity index (χ1n) is 17.1. The number of aryl methyl sites for hydroxylation is 2. The number of piperidine rings is 1. The predicted molar refractivity (Wildman–Crippen MR) is 188 cm³/mol. The standard InChI is InChI=1S/C38H51N5O4/c1-25-32(34(42-16-12-38(6,7)13-17-42)33(26(2)40-25)35(36(44)45)47-37(3,4)5)28-8-9-29-24-43(15-11-27(29)22-28)31-23-30(10-14-39-31)41-18-20-46-21-19-41/h8-10,14,22-23,35H,11-13,15-21,24H2,1-7H3,(H,44,45). The van der Waals surface area contributed by atoms with E-state index in [1.807, 2.05) is 33.9 Å². The van der Waals surface area contributed by atoms with Crippen LogP contribution >= 0.6 is 0 Å². The van der Waals surface area contributed by atoms with Crippen LogP contribution < -0.4 is 14.7 Å². The van der Waals surface area contributed by atoms with Gasteiger partial charge in [0.1, 0.15) is 5.82 Å². The first-order chi connectivity index (χ1) is 22.3. The van der Waals surface area contributed by atoms with Gasteiger partial charge >= 0.3 is 5.97 Å². The van der Waals surface area contributed by atoms with Crippen molar-refractivity contribution in [2.24, 2.45) is 5.41 Å². The highest BCUT2D eigenvalue weighted by Crippen LogP contribution is 2.45. The SMILES string of the molecule is Cc1nc(C)c(C(OC(C)(C)C)C(=O)O)c(N2CCC(C)(C)CC2)c1-c1ccc2c(c1)CCN(c1cc(N3CCOCC3)ccn1)C2. The zero-order chi connectivity index (χ0) is 33.5. The number of carboxylic acid groups (broad SMARTS) is 1. The van der Waals surface area contributed by atoms with E-state index >= 15 is 0 Å². The molecule has 9 nitrogen and oxygen atoms in total. The Hall–Kier alpha value is -3.69. The Morgan fingerprint density at radius 3 is 2.34 bits per heavy atom. The summed E-state index contributed by atoms with van der Waals surface area (Å²) in [4.78, 5) is 29.7. The third-order valence-electron chi connectivity index (χ3n) is 9.91. The van der Waals surface area contributed by atoms with Gasteiger partial charge in [-0.1, -0.05) is 32.0 Å². The van der Waals surface area contributed by atoms with E-state index in [0.717, 1.165) is 100 Å². The molecule has 2 saturated heterocycles. The minimum absolute atomic E-state index is 0.246. The van der Waals surface area contributed by atoms with Crippen LogP contribution in [0.5, 0.6) is 0 Å². The van der Waals surface area contributed by atoms with E-state index in [0.29, 0.717) is 11.3 Å². The van der Waals surface area contributed by atoms with Gasteiger partial charge in [-0.15, -0.1) is 0 Å². The summed E-state index contributed by atoms with van der Waals surface area (Å²) in [7, 11) is 0. The molecule has 3 aliphatic heterocycles. The van der Waals surface area contributed by atoms with Gasteiger partial charge in [-0.25, -0.2) is 9.78 Å². The van der Waals surface area contributed by atoms with Gasteiger partial charge in [0.05, 0.1) is 24.5 Å². The number of carboxylic acids is 1. The number of carbonyl (C=O) groups is 1. The van der Waals surface area contributed by atoms with Crippen LogP contribution in [0.2, 0.25) is 0 Å². The maximum absolute atomic E-state index is 12.9. The van der Waals surface area contributed by atoms with Crippen molar-refractivity contribution in [3.05, 3.63) is 64.6 Å². The van der Waals surface area contributed by atoms with Gasteiger partial charge in [0.15, 0.2) is 6.10 Å². The molecule has 1 atom stereocenters. The fraction of sp³-hybridized carbons (Fsp3) is 0.553. The maximum atomic E-state index is 12.9. The number of hydrogen-bond acceptors (Lipinski definition) is 8. The molecule has 2 aromatic heterocycles. The molecular formula is C38H51N5O4. The van der Waals surface area contributed by atoms with E-state index in [1.54, 1.807) is 0 Å². The average Bonchev–Trinajstić information content (AvgIpc) is 3.03. The molecule has 0 spiro atoms. The van der Waals surface area contributed by atoms with Crippen LogP contribution in [0.3, 0.4) is 0 Å². The molecule has 0 aliphatic carbocycles. The molecule has 2 fully saturated rings. The maximum Gasteiger partial charge on any atom is 0.337 e. The quantitative estimate of drug-likeness (QED) is 0.302. The first kappa shape index (κ1) is 33.2. The number of ether oxygens (including phenoxy) is 2. The molecule has 0 amide bonds. The average molecular weight is 642 g/mol. The summed E-state index contributed by atoms with van der Waals surface area (Å²) in [5.74, 6) is 0.0101. The molecule has 3 aromatic rings. The van der Waals surface area contributed by atoms with Crippen LogP contribution in [0.4, 0.5) is 17.2 Å². The minimum Gasteiger partial charge on any atom is -0.479 e. The van der Waals surface area contributed by atoms with Crippen LogP contribution in [0.25, 0.3) is 11.1 Å². The highest BCUT2D eigenvalue weighted by atomic mass is 16.5. The van der Waals surface area contributed by atoms with E-state index in [9.17, 15) is 9.90 Å². The topological polar surface area (TPSA) is 91.3 Å². The third-order valence-corrected chi connectivity index (χ3v) is 9.91. The molecule has 5 heterocycles. The van der Waals surface area contributed by atoms with E-state index in [4.69, 9.17) is 19.4 Å². The van der Waals surface area contributed by atoms with Gasteiger partial charge in [0.2, 0.25) is 0 Å². The summed E-state index contributed by atoms with van der Waals surface area (Å²) in [6.45, 7) is 21.0. The Bertz CT molecular complexity index is 1610. The number of morpholine rings is 1. The number of aliphatic carboxylic acids is 1. The Morgan fingerprint density at radius 2 is 1.66 bits per heavy atom. The van der Waals surface area contributed by atoms with E-state index in [-0.39, 0.29) is 5.41 Å². The Balaban J connectivity index is 1.37. The lowest BCUT2D eigenvalue weighted by molar-refractivity contribution is -0.160. The van der Waals surface area contributed by atoms with Gasteiger partial charge in [-0.05, 0) is 82.1 Å². The first-order valence-corrected chi connectivity index (χ1v) is 17.1. The van der Waals surface area contributed by atoms with Crippen LogP contribution in [0, 0.1) is 19.3 Å². The fourth-order valence-corrected chi connectivity index (χ4v) is 7.26. The normalized spacial score (nSPS) is 19.0. The summed E-state index contributed by atoms with van der Waals surface area (Å²) in [6, 6.07) is 11.0. The van der Waals surface area contributed by atoms with Crippen molar-refractivity contribution in [3.8, 4) is 11.1 Å². The largest absolute Gasteiger partial charge is 0.479 e. The number of anilines is 3. The van der Waals surface area contributed by atoms with Gasteiger partial charge in [0.25, 0.3) is 0 Å². The Morgan fingerprint density at radius 1 is 0.936 bits per heavy atom. The molecular weight excluding hydrogens is 590 g/mol. The third kappa shape index (κ3) is 7.26. The summed E-state index contributed by atoms with van der Waals surface area (Å²) in [5.41, 5.74) is 8.75. The molecule has 6 rings (SSSR count).